The third-order valence-corrected chi connectivity index (χ3v) is 2.95. The van der Waals surface area contributed by atoms with Crippen molar-refractivity contribution in [3.63, 3.8) is 0 Å². The molecule has 0 saturated carbocycles. The standard InChI is InChI=1S/C17H20N2O3/c1-4-11-19(3)12-15-7-5-14(6-8-15)9-10-16(20)18-13(2)17(21)22/h1,5-10,13H,11-12H2,2-3H3,(H,18,20)(H,21,22)/b10-9+. The first kappa shape index (κ1) is 17.5. The van der Waals surface area contributed by atoms with Crippen molar-refractivity contribution in [3.8, 4) is 12.3 Å². The average molecular weight is 300 g/mol. The third kappa shape index (κ3) is 6.25. The number of carboxylic acid groups (broad SMARTS) is 1. The van der Waals surface area contributed by atoms with Crippen LogP contribution in [0, 0.1) is 12.3 Å². The van der Waals surface area contributed by atoms with Gasteiger partial charge in [0.25, 0.3) is 0 Å². The number of nitrogens with zero attached hydrogens (tertiary/aromatic N) is 1. The lowest BCUT2D eigenvalue weighted by Crippen LogP contribution is -2.37. The molecule has 1 amide bonds. The minimum absolute atomic E-state index is 0.437. The van der Waals surface area contributed by atoms with Gasteiger partial charge in [0.05, 0.1) is 6.54 Å². The number of aliphatic carboxylic acids is 1. The van der Waals surface area contributed by atoms with Gasteiger partial charge in [-0.1, -0.05) is 30.2 Å². The minimum atomic E-state index is -1.07. The Bertz CT molecular complexity index is 585. The highest BCUT2D eigenvalue weighted by Crippen LogP contribution is 2.08. The molecule has 116 valence electrons. The maximum absolute atomic E-state index is 11.5. The molecule has 1 rings (SSSR count). The lowest BCUT2D eigenvalue weighted by Gasteiger charge is -2.13. The smallest absolute Gasteiger partial charge is 0.325 e. The van der Waals surface area contributed by atoms with E-state index in [4.69, 9.17) is 11.5 Å². The molecular formula is C17H20N2O3. The number of carboxylic acids is 1. The van der Waals surface area contributed by atoms with Crippen LogP contribution in [0.25, 0.3) is 6.08 Å². The molecule has 0 heterocycles. The number of hydrogen-bond acceptors (Lipinski definition) is 3. The monoisotopic (exact) mass is 300 g/mol. The number of terminal acetylenes is 1. The van der Waals surface area contributed by atoms with Crippen LogP contribution in [0.5, 0.6) is 0 Å². The fourth-order valence-corrected chi connectivity index (χ4v) is 1.75. The molecule has 0 saturated heterocycles. The first-order chi connectivity index (χ1) is 10.4. The predicted octanol–water partition coefficient (Wildman–Crippen LogP) is 1.35. The first-order valence-electron chi connectivity index (χ1n) is 6.84. The van der Waals surface area contributed by atoms with Crippen molar-refractivity contribution < 1.29 is 14.7 Å². The molecule has 1 aromatic rings. The largest absolute Gasteiger partial charge is 0.480 e. The van der Waals surface area contributed by atoms with E-state index in [1.165, 1.54) is 13.0 Å². The van der Waals surface area contributed by atoms with Crippen molar-refractivity contribution >= 4 is 18.0 Å². The second-order valence-corrected chi connectivity index (χ2v) is 5.02. The molecule has 22 heavy (non-hydrogen) atoms. The highest BCUT2D eigenvalue weighted by atomic mass is 16.4. The molecule has 0 aliphatic heterocycles. The van der Waals surface area contributed by atoms with Crippen LogP contribution in [0.15, 0.2) is 30.3 Å². The molecule has 1 atom stereocenters. The zero-order chi connectivity index (χ0) is 16.5. The summed E-state index contributed by atoms with van der Waals surface area (Å²) in [5.74, 6) is 1.08. The quantitative estimate of drug-likeness (QED) is 0.589. The Balaban J connectivity index is 2.57. The van der Waals surface area contributed by atoms with Gasteiger partial charge in [-0.05, 0) is 31.2 Å². The van der Waals surface area contributed by atoms with Crippen LogP contribution in [-0.4, -0.2) is 41.5 Å². The summed E-state index contributed by atoms with van der Waals surface area (Å²) in [5, 5.41) is 11.1. The van der Waals surface area contributed by atoms with Crippen LogP contribution in [-0.2, 0) is 16.1 Å². The van der Waals surface area contributed by atoms with Crippen LogP contribution >= 0.6 is 0 Å². The van der Waals surface area contributed by atoms with Crippen molar-refractivity contribution in [2.24, 2.45) is 0 Å². The lowest BCUT2D eigenvalue weighted by atomic mass is 10.1. The number of amides is 1. The number of carbonyl (C=O) groups is 2. The number of nitrogens with one attached hydrogen (secondary N) is 1. The van der Waals surface area contributed by atoms with Crippen LogP contribution < -0.4 is 5.32 Å². The molecule has 0 fully saturated rings. The highest BCUT2D eigenvalue weighted by molar-refractivity contribution is 5.94. The van der Waals surface area contributed by atoms with E-state index in [-0.39, 0.29) is 0 Å². The van der Waals surface area contributed by atoms with E-state index in [1.807, 2.05) is 36.2 Å². The third-order valence-electron chi connectivity index (χ3n) is 2.95. The molecular weight excluding hydrogens is 280 g/mol. The summed E-state index contributed by atoms with van der Waals surface area (Å²) in [4.78, 5) is 24.2. The van der Waals surface area contributed by atoms with Crippen molar-refractivity contribution in [1.82, 2.24) is 10.2 Å². The van der Waals surface area contributed by atoms with Crippen molar-refractivity contribution in [2.45, 2.75) is 19.5 Å². The Labute approximate surface area is 130 Å². The molecule has 0 aliphatic rings. The highest BCUT2D eigenvalue weighted by Gasteiger charge is 2.11. The Kier molecular flexibility index (Phi) is 6.87. The van der Waals surface area contributed by atoms with E-state index in [0.29, 0.717) is 6.54 Å². The van der Waals surface area contributed by atoms with Gasteiger partial charge in [-0.2, -0.15) is 0 Å². The number of carbonyl (C=O) groups excluding carboxylic acids is 1. The summed E-state index contributed by atoms with van der Waals surface area (Å²) in [5.41, 5.74) is 1.99. The van der Waals surface area contributed by atoms with E-state index in [9.17, 15) is 9.59 Å². The maximum atomic E-state index is 11.5. The average Bonchev–Trinajstić information content (AvgIpc) is 2.46. The van der Waals surface area contributed by atoms with Crippen LogP contribution in [0.1, 0.15) is 18.1 Å². The van der Waals surface area contributed by atoms with Gasteiger partial charge in [0.1, 0.15) is 6.04 Å². The topological polar surface area (TPSA) is 69.6 Å². The van der Waals surface area contributed by atoms with E-state index in [1.54, 1.807) is 6.08 Å². The molecule has 0 bridgehead atoms. The van der Waals surface area contributed by atoms with E-state index >= 15 is 0 Å². The molecule has 5 nitrogen and oxygen atoms in total. The Morgan fingerprint density at radius 1 is 1.41 bits per heavy atom. The zero-order valence-electron chi connectivity index (χ0n) is 12.7. The summed E-state index contributed by atoms with van der Waals surface area (Å²) in [6.07, 6.45) is 8.21. The fraction of sp³-hybridized carbons (Fsp3) is 0.294. The van der Waals surface area contributed by atoms with E-state index < -0.39 is 17.9 Å². The lowest BCUT2D eigenvalue weighted by molar-refractivity contribution is -0.140. The molecule has 1 unspecified atom stereocenters. The predicted molar refractivity (Wildman–Crippen MR) is 85.9 cm³/mol. The van der Waals surface area contributed by atoms with Gasteiger partial charge in [0.15, 0.2) is 0 Å². The number of rotatable bonds is 7. The second-order valence-electron chi connectivity index (χ2n) is 5.02. The van der Waals surface area contributed by atoms with Crippen molar-refractivity contribution in [3.05, 3.63) is 41.5 Å². The van der Waals surface area contributed by atoms with Crippen LogP contribution in [0.2, 0.25) is 0 Å². The SMILES string of the molecule is C#CCN(C)Cc1ccc(/C=C/C(=O)NC(C)C(=O)O)cc1. The van der Waals surface area contributed by atoms with Gasteiger partial charge in [-0.25, -0.2) is 0 Å². The van der Waals surface area contributed by atoms with Crippen LogP contribution in [0.4, 0.5) is 0 Å². The summed E-state index contributed by atoms with van der Waals surface area (Å²) in [6.45, 7) is 2.75. The molecule has 0 spiro atoms. The van der Waals surface area contributed by atoms with Crippen molar-refractivity contribution in [2.75, 3.05) is 13.6 Å². The molecule has 5 heteroatoms. The van der Waals surface area contributed by atoms with Crippen LogP contribution in [0.3, 0.4) is 0 Å². The number of benzene rings is 1. The number of hydrogen-bond donors (Lipinski definition) is 2. The second kappa shape index (κ2) is 8.65. The van der Waals surface area contributed by atoms with Gasteiger partial charge >= 0.3 is 5.97 Å². The molecule has 0 aliphatic carbocycles. The normalized spacial score (nSPS) is 12.1. The summed E-state index contributed by atoms with van der Waals surface area (Å²) >= 11 is 0. The molecule has 1 aromatic carbocycles. The molecule has 0 aromatic heterocycles. The van der Waals surface area contributed by atoms with Gasteiger partial charge < -0.3 is 10.4 Å². The molecule has 0 radical (unpaired) electrons. The first-order valence-corrected chi connectivity index (χ1v) is 6.84. The Hall–Kier alpha value is -2.58. The van der Waals surface area contributed by atoms with Gasteiger partial charge in [0, 0.05) is 12.6 Å². The van der Waals surface area contributed by atoms with Gasteiger partial charge in [-0.3, -0.25) is 14.5 Å². The maximum Gasteiger partial charge on any atom is 0.325 e. The van der Waals surface area contributed by atoms with Gasteiger partial charge in [0.2, 0.25) is 5.91 Å². The zero-order valence-corrected chi connectivity index (χ0v) is 12.7. The van der Waals surface area contributed by atoms with E-state index in [0.717, 1.165) is 17.7 Å². The Morgan fingerprint density at radius 2 is 2.05 bits per heavy atom. The summed E-state index contributed by atoms with van der Waals surface area (Å²) < 4.78 is 0. The fourth-order valence-electron chi connectivity index (χ4n) is 1.75. The van der Waals surface area contributed by atoms with E-state index in [2.05, 4.69) is 11.2 Å². The molecule has 2 N–H and O–H groups in total. The summed E-state index contributed by atoms with van der Waals surface area (Å²) in [6, 6.07) is 6.80. The Morgan fingerprint density at radius 3 is 2.59 bits per heavy atom. The van der Waals surface area contributed by atoms with Gasteiger partial charge in [-0.15, -0.1) is 6.42 Å². The van der Waals surface area contributed by atoms with Crippen molar-refractivity contribution in [1.29, 1.82) is 0 Å². The minimum Gasteiger partial charge on any atom is -0.480 e. The summed E-state index contributed by atoms with van der Waals surface area (Å²) in [7, 11) is 1.95.